The van der Waals surface area contributed by atoms with Crippen LogP contribution in [0.25, 0.3) is 11.4 Å². The highest BCUT2D eigenvalue weighted by molar-refractivity contribution is 7.89. The fourth-order valence-corrected chi connectivity index (χ4v) is 4.13. The highest BCUT2D eigenvalue weighted by Crippen LogP contribution is 2.20. The summed E-state index contributed by atoms with van der Waals surface area (Å²) in [7, 11) is -3.67. The number of aryl methyl sites for hydroxylation is 1. The third-order valence-electron chi connectivity index (χ3n) is 3.55. The molecular weight excluding hydrogens is 361 g/mol. The summed E-state index contributed by atoms with van der Waals surface area (Å²) in [4.78, 5) is 8.76. The van der Waals surface area contributed by atoms with E-state index in [1.54, 1.807) is 6.20 Å². The molecule has 0 saturated heterocycles. The minimum Gasteiger partial charge on any atom is -0.255 e. The molecule has 0 unspecified atom stereocenters. The number of nitrogens with one attached hydrogen (secondary N) is 1. The quantitative estimate of drug-likeness (QED) is 0.716. The van der Waals surface area contributed by atoms with Crippen LogP contribution in [-0.4, -0.2) is 24.9 Å². The smallest absolute Gasteiger partial charge is 0.240 e. The molecular formula is C17H16FN3O2S2. The molecule has 0 aliphatic rings. The highest BCUT2D eigenvalue weighted by atomic mass is 32.2. The summed E-state index contributed by atoms with van der Waals surface area (Å²) in [5, 5.41) is 2.72. The molecule has 0 aliphatic carbocycles. The molecule has 3 aromatic rings. The first-order chi connectivity index (χ1) is 12.0. The van der Waals surface area contributed by atoms with E-state index < -0.39 is 15.8 Å². The van der Waals surface area contributed by atoms with Gasteiger partial charge in [-0.2, -0.15) is 0 Å². The molecule has 2 heterocycles. The Bertz CT molecular complexity index is 973. The number of aromatic nitrogens is 2. The molecule has 8 heteroatoms. The van der Waals surface area contributed by atoms with Crippen LogP contribution in [0.5, 0.6) is 0 Å². The lowest BCUT2D eigenvalue weighted by molar-refractivity contribution is 0.580. The summed E-state index contributed by atoms with van der Waals surface area (Å²) in [5.41, 5.74) is 1.85. The molecule has 0 saturated carbocycles. The molecule has 0 fully saturated rings. The Morgan fingerprint density at radius 3 is 2.76 bits per heavy atom. The maximum atomic E-state index is 13.3. The number of rotatable bonds is 6. The Hall–Kier alpha value is -2.16. The van der Waals surface area contributed by atoms with Gasteiger partial charge in [-0.15, -0.1) is 11.3 Å². The van der Waals surface area contributed by atoms with Gasteiger partial charge in [0.25, 0.3) is 0 Å². The molecule has 1 aromatic carbocycles. The Morgan fingerprint density at radius 2 is 2.04 bits per heavy atom. The zero-order valence-corrected chi connectivity index (χ0v) is 15.1. The van der Waals surface area contributed by atoms with E-state index in [1.807, 2.05) is 23.6 Å². The van der Waals surface area contributed by atoms with Crippen molar-refractivity contribution in [1.29, 1.82) is 0 Å². The van der Waals surface area contributed by atoms with E-state index in [0.717, 1.165) is 22.5 Å². The number of sulfonamides is 1. The minimum atomic E-state index is -3.67. The molecule has 25 heavy (non-hydrogen) atoms. The van der Waals surface area contributed by atoms with E-state index >= 15 is 0 Å². The van der Waals surface area contributed by atoms with Crippen molar-refractivity contribution in [3.8, 4) is 11.4 Å². The fourth-order valence-electron chi connectivity index (χ4n) is 2.22. The third kappa shape index (κ3) is 4.28. The van der Waals surface area contributed by atoms with Gasteiger partial charge in [-0.05, 0) is 42.8 Å². The van der Waals surface area contributed by atoms with Crippen LogP contribution >= 0.6 is 11.3 Å². The van der Waals surface area contributed by atoms with Crippen LogP contribution in [0.15, 0.2) is 52.9 Å². The summed E-state index contributed by atoms with van der Waals surface area (Å²) in [6, 6.07) is 9.33. The second-order valence-corrected chi connectivity index (χ2v) is 8.11. The van der Waals surface area contributed by atoms with E-state index in [4.69, 9.17) is 0 Å². The Morgan fingerprint density at radius 1 is 1.20 bits per heavy atom. The van der Waals surface area contributed by atoms with Crippen LogP contribution in [0.2, 0.25) is 0 Å². The molecule has 0 aliphatic heterocycles. The molecule has 0 atom stereocenters. The first kappa shape index (κ1) is 17.7. The van der Waals surface area contributed by atoms with Crippen molar-refractivity contribution in [2.45, 2.75) is 18.2 Å². The van der Waals surface area contributed by atoms with E-state index in [0.29, 0.717) is 12.0 Å². The van der Waals surface area contributed by atoms with Crippen LogP contribution in [0.4, 0.5) is 4.39 Å². The first-order valence-corrected chi connectivity index (χ1v) is 9.93. The van der Waals surface area contributed by atoms with Crippen LogP contribution in [0.1, 0.15) is 10.6 Å². The van der Waals surface area contributed by atoms with Crippen molar-refractivity contribution < 1.29 is 12.8 Å². The molecule has 1 N–H and O–H groups in total. The second kappa shape index (κ2) is 7.38. The largest absolute Gasteiger partial charge is 0.255 e. The van der Waals surface area contributed by atoms with Gasteiger partial charge in [0, 0.05) is 24.5 Å². The summed E-state index contributed by atoms with van der Waals surface area (Å²) in [5.74, 6) is -0.427. The van der Waals surface area contributed by atoms with Gasteiger partial charge >= 0.3 is 0 Å². The van der Waals surface area contributed by atoms with E-state index in [1.165, 1.54) is 30.4 Å². The molecule has 2 aromatic heterocycles. The summed E-state index contributed by atoms with van der Waals surface area (Å²) in [6.45, 7) is 1.75. The number of hydrogen-bond donors (Lipinski definition) is 1. The monoisotopic (exact) mass is 377 g/mol. The summed E-state index contributed by atoms with van der Waals surface area (Å²) < 4.78 is 40.3. The minimum absolute atomic E-state index is 0.0553. The molecule has 0 spiro atoms. The Kier molecular flexibility index (Phi) is 5.22. The highest BCUT2D eigenvalue weighted by Gasteiger charge is 2.15. The predicted molar refractivity (Wildman–Crippen MR) is 95.4 cm³/mol. The number of nitrogens with zero attached hydrogens (tertiary/aromatic N) is 2. The van der Waals surface area contributed by atoms with Crippen molar-refractivity contribution in [3.05, 3.63) is 64.4 Å². The van der Waals surface area contributed by atoms with E-state index in [2.05, 4.69) is 14.7 Å². The standard InChI is InChI=1S/C17H16FN3O2S2/c1-12-10-13(5-6-14(12)18)25(22,23)20-9-7-17-21-16(11-24-17)15-4-2-3-8-19-15/h2-6,8,10-11,20H,7,9H2,1H3. The van der Waals surface area contributed by atoms with Crippen LogP contribution in [0, 0.1) is 12.7 Å². The number of pyridine rings is 1. The Balaban J connectivity index is 1.63. The van der Waals surface area contributed by atoms with E-state index in [-0.39, 0.29) is 11.4 Å². The zero-order chi connectivity index (χ0) is 17.9. The van der Waals surface area contributed by atoms with Crippen molar-refractivity contribution in [2.24, 2.45) is 0 Å². The molecule has 3 rings (SSSR count). The average molecular weight is 377 g/mol. The Labute approximate surface area is 149 Å². The third-order valence-corrected chi connectivity index (χ3v) is 5.92. The number of halogens is 1. The second-order valence-electron chi connectivity index (χ2n) is 5.40. The number of hydrogen-bond acceptors (Lipinski definition) is 5. The molecule has 130 valence electrons. The van der Waals surface area contributed by atoms with Gasteiger partial charge in [-0.1, -0.05) is 6.07 Å². The molecule has 0 radical (unpaired) electrons. The number of benzene rings is 1. The van der Waals surface area contributed by atoms with Gasteiger partial charge in [0.05, 0.1) is 21.3 Å². The lowest BCUT2D eigenvalue weighted by Crippen LogP contribution is -2.26. The van der Waals surface area contributed by atoms with Gasteiger partial charge in [-0.3, -0.25) is 4.98 Å². The van der Waals surface area contributed by atoms with Crippen molar-refractivity contribution >= 4 is 21.4 Å². The normalized spacial score (nSPS) is 11.6. The van der Waals surface area contributed by atoms with Crippen molar-refractivity contribution in [1.82, 2.24) is 14.7 Å². The van der Waals surface area contributed by atoms with Crippen LogP contribution in [0.3, 0.4) is 0 Å². The van der Waals surface area contributed by atoms with Gasteiger partial charge in [0.1, 0.15) is 5.82 Å². The molecule has 0 bridgehead atoms. The van der Waals surface area contributed by atoms with Crippen LogP contribution in [-0.2, 0) is 16.4 Å². The predicted octanol–water partition coefficient (Wildman–Crippen LogP) is 3.17. The zero-order valence-electron chi connectivity index (χ0n) is 13.4. The average Bonchev–Trinajstić information content (AvgIpc) is 3.07. The van der Waals surface area contributed by atoms with Crippen molar-refractivity contribution in [2.75, 3.05) is 6.54 Å². The fraction of sp³-hybridized carbons (Fsp3) is 0.176. The first-order valence-electron chi connectivity index (χ1n) is 7.57. The lowest BCUT2D eigenvalue weighted by Gasteiger charge is -2.07. The lowest BCUT2D eigenvalue weighted by atomic mass is 10.2. The van der Waals surface area contributed by atoms with Gasteiger partial charge < -0.3 is 0 Å². The maximum Gasteiger partial charge on any atom is 0.240 e. The number of thiazole rings is 1. The summed E-state index contributed by atoms with van der Waals surface area (Å²) in [6.07, 6.45) is 2.17. The van der Waals surface area contributed by atoms with Crippen LogP contribution < -0.4 is 4.72 Å². The maximum absolute atomic E-state index is 13.3. The molecule has 0 amide bonds. The SMILES string of the molecule is Cc1cc(S(=O)(=O)NCCc2nc(-c3ccccn3)cs2)ccc1F. The summed E-state index contributed by atoms with van der Waals surface area (Å²) >= 11 is 1.46. The van der Waals surface area contributed by atoms with Crippen molar-refractivity contribution in [3.63, 3.8) is 0 Å². The van der Waals surface area contributed by atoms with Gasteiger partial charge in [-0.25, -0.2) is 22.5 Å². The molecule has 5 nitrogen and oxygen atoms in total. The van der Waals surface area contributed by atoms with Gasteiger partial charge in [0.15, 0.2) is 0 Å². The van der Waals surface area contributed by atoms with Gasteiger partial charge in [0.2, 0.25) is 10.0 Å². The van der Waals surface area contributed by atoms with E-state index in [9.17, 15) is 12.8 Å². The topological polar surface area (TPSA) is 72.0 Å².